The second-order valence-corrected chi connectivity index (χ2v) is 6.40. The lowest BCUT2D eigenvalue weighted by atomic mass is 10.2. The second kappa shape index (κ2) is 6.51. The zero-order valence-corrected chi connectivity index (χ0v) is 13.6. The molecule has 3 nitrogen and oxygen atoms in total. The number of hydrogen-bond acceptors (Lipinski definition) is 3. The van der Waals surface area contributed by atoms with Gasteiger partial charge in [0.05, 0.1) is 23.3 Å². The Morgan fingerprint density at radius 1 is 1.33 bits per heavy atom. The number of imidazole rings is 1. The van der Waals surface area contributed by atoms with E-state index in [1.807, 2.05) is 6.08 Å². The molecule has 0 atom stereocenters. The first-order valence-corrected chi connectivity index (χ1v) is 8.27. The highest BCUT2D eigenvalue weighted by molar-refractivity contribution is 8.03. The molecule has 0 amide bonds. The van der Waals surface area contributed by atoms with E-state index in [2.05, 4.69) is 10.3 Å². The Labute approximate surface area is 140 Å². The number of nitrogens with zero attached hydrogens (tertiary/aromatic N) is 2. The lowest BCUT2D eigenvalue weighted by Gasteiger charge is -2.16. The molecule has 128 valence electrons. The lowest BCUT2D eigenvalue weighted by molar-refractivity contribution is -0.137. The summed E-state index contributed by atoms with van der Waals surface area (Å²) in [5.74, 6) is 0.885. The van der Waals surface area contributed by atoms with Gasteiger partial charge < -0.3 is 9.88 Å². The number of allylic oxidation sites excluding steroid dienone is 1. The average Bonchev–Trinajstić information content (AvgIpc) is 2.89. The van der Waals surface area contributed by atoms with E-state index in [1.165, 1.54) is 17.8 Å². The van der Waals surface area contributed by atoms with Crippen molar-refractivity contribution in [3.63, 3.8) is 0 Å². The van der Waals surface area contributed by atoms with Crippen molar-refractivity contribution in [2.45, 2.75) is 6.18 Å². The summed E-state index contributed by atoms with van der Waals surface area (Å²) in [4.78, 5) is 5.21. The van der Waals surface area contributed by atoms with Crippen LogP contribution in [0, 0.1) is 0 Å². The van der Waals surface area contributed by atoms with Crippen LogP contribution < -0.4 is 5.32 Å². The van der Waals surface area contributed by atoms with E-state index in [0.29, 0.717) is 23.6 Å². The summed E-state index contributed by atoms with van der Waals surface area (Å²) in [6.07, 6.45) is -0.704. The summed E-state index contributed by atoms with van der Waals surface area (Å²) in [7, 11) is 1.76. The predicted molar refractivity (Wildman–Crippen MR) is 88.2 cm³/mol. The summed E-state index contributed by atoms with van der Waals surface area (Å²) in [6.45, 7) is 0.138. The van der Waals surface area contributed by atoms with Crippen LogP contribution in [0.3, 0.4) is 0 Å². The third kappa shape index (κ3) is 3.15. The highest BCUT2D eigenvalue weighted by Gasteiger charge is 2.31. The van der Waals surface area contributed by atoms with Gasteiger partial charge in [0, 0.05) is 36.0 Å². The first kappa shape index (κ1) is 16.9. The quantitative estimate of drug-likeness (QED) is 0.835. The normalized spacial score (nSPS) is 15.2. The Kier molecular flexibility index (Phi) is 4.58. The number of dihydropyridines is 1. The monoisotopic (exact) mass is 357 g/mol. The van der Waals surface area contributed by atoms with Gasteiger partial charge in [0.25, 0.3) is 0 Å². The number of fused-ring (bicyclic) bond motifs is 1. The fraction of sp³-hybridized carbons (Fsp3) is 0.312. The van der Waals surface area contributed by atoms with Crippen molar-refractivity contribution < 1.29 is 17.6 Å². The van der Waals surface area contributed by atoms with Gasteiger partial charge in [-0.05, 0) is 18.2 Å². The first-order chi connectivity index (χ1) is 11.4. The molecule has 1 aromatic heterocycles. The molecule has 24 heavy (non-hydrogen) atoms. The van der Waals surface area contributed by atoms with Crippen LogP contribution in [-0.4, -0.2) is 28.5 Å². The Bertz CT molecular complexity index is 821. The number of alkyl halides is 4. The van der Waals surface area contributed by atoms with Crippen LogP contribution in [0.25, 0.3) is 16.6 Å². The van der Waals surface area contributed by atoms with Gasteiger partial charge in [0.2, 0.25) is 0 Å². The molecule has 0 saturated carbocycles. The number of aryl methyl sites for hydroxylation is 1. The first-order valence-electron chi connectivity index (χ1n) is 7.28. The van der Waals surface area contributed by atoms with E-state index in [9.17, 15) is 17.6 Å². The van der Waals surface area contributed by atoms with Gasteiger partial charge in [0.1, 0.15) is 5.82 Å². The number of rotatable bonds is 4. The zero-order valence-electron chi connectivity index (χ0n) is 12.8. The summed E-state index contributed by atoms with van der Waals surface area (Å²) in [6, 6.07) is 3.53. The molecule has 2 heterocycles. The van der Waals surface area contributed by atoms with Gasteiger partial charge in [-0.25, -0.2) is 4.98 Å². The second-order valence-electron chi connectivity index (χ2n) is 5.27. The predicted octanol–water partition coefficient (Wildman–Crippen LogP) is 4.12. The molecule has 1 aliphatic heterocycles. The minimum Gasteiger partial charge on any atom is -0.386 e. The molecule has 1 aliphatic rings. The molecule has 3 rings (SSSR count). The molecule has 1 N–H and O–H groups in total. The number of hydrogen-bond donors (Lipinski definition) is 1. The fourth-order valence-corrected chi connectivity index (χ4v) is 3.37. The van der Waals surface area contributed by atoms with E-state index in [0.717, 1.165) is 22.6 Å². The maximum absolute atomic E-state index is 12.9. The van der Waals surface area contributed by atoms with Gasteiger partial charge in [-0.15, -0.1) is 11.8 Å². The summed E-state index contributed by atoms with van der Waals surface area (Å²) in [5, 5.41) is 3.06. The van der Waals surface area contributed by atoms with E-state index in [4.69, 9.17) is 0 Å². The van der Waals surface area contributed by atoms with Crippen LogP contribution in [0.5, 0.6) is 0 Å². The molecule has 1 aromatic carbocycles. The Hall–Kier alpha value is -1.96. The molecule has 2 aromatic rings. The lowest BCUT2D eigenvalue weighted by Crippen LogP contribution is -2.13. The number of halogens is 4. The van der Waals surface area contributed by atoms with Crippen molar-refractivity contribution >= 4 is 28.4 Å². The van der Waals surface area contributed by atoms with Crippen LogP contribution in [0.1, 0.15) is 11.4 Å². The van der Waals surface area contributed by atoms with Gasteiger partial charge in [-0.3, -0.25) is 4.39 Å². The highest BCUT2D eigenvalue weighted by atomic mass is 32.2. The minimum absolute atomic E-state index is 0.289. The Morgan fingerprint density at radius 3 is 2.83 bits per heavy atom. The van der Waals surface area contributed by atoms with Crippen molar-refractivity contribution in [3.05, 3.63) is 46.8 Å². The highest BCUT2D eigenvalue weighted by Crippen LogP contribution is 2.35. The fourth-order valence-electron chi connectivity index (χ4n) is 2.58. The van der Waals surface area contributed by atoms with Crippen LogP contribution in [0.4, 0.5) is 17.6 Å². The van der Waals surface area contributed by atoms with Gasteiger partial charge in [0.15, 0.2) is 0 Å². The van der Waals surface area contributed by atoms with E-state index >= 15 is 0 Å². The largest absolute Gasteiger partial charge is 0.416 e. The van der Waals surface area contributed by atoms with Crippen molar-refractivity contribution in [1.29, 1.82) is 0 Å². The van der Waals surface area contributed by atoms with Crippen molar-refractivity contribution in [3.8, 4) is 0 Å². The standard InChI is InChI=1S/C16H15F4N3S/c1-23-13-3-2-10(16(18,19)20)8-12(13)22-15(23)11-4-6-21-9-14(11)24-7-5-17/h2-4,8-9,21H,5-7H2,1H3. The SMILES string of the molecule is Cn1c(C2=CCNC=C2SCCF)nc2cc(C(F)(F)F)ccc21. The summed E-state index contributed by atoms with van der Waals surface area (Å²) >= 11 is 1.35. The van der Waals surface area contributed by atoms with Crippen LogP contribution in [0.2, 0.25) is 0 Å². The molecule has 0 saturated heterocycles. The topological polar surface area (TPSA) is 29.9 Å². The maximum Gasteiger partial charge on any atom is 0.416 e. The number of benzene rings is 1. The third-order valence-electron chi connectivity index (χ3n) is 3.71. The molecule has 0 spiro atoms. The van der Waals surface area contributed by atoms with Gasteiger partial charge in [-0.2, -0.15) is 13.2 Å². The van der Waals surface area contributed by atoms with Gasteiger partial charge in [-0.1, -0.05) is 6.08 Å². The summed E-state index contributed by atoms with van der Waals surface area (Å²) < 4.78 is 52.9. The smallest absolute Gasteiger partial charge is 0.386 e. The average molecular weight is 357 g/mol. The molecule has 0 unspecified atom stereocenters. The van der Waals surface area contributed by atoms with E-state index in [-0.39, 0.29) is 5.52 Å². The Balaban J connectivity index is 2.05. The van der Waals surface area contributed by atoms with Crippen molar-refractivity contribution in [2.75, 3.05) is 19.0 Å². The molecule has 8 heteroatoms. The number of aromatic nitrogens is 2. The van der Waals surface area contributed by atoms with Crippen LogP contribution >= 0.6 is 11.8 Å². The number of thioether (sulfide) groups is 1. The molecule has 0 aliphatic carbocycles. The van der Waals surface area contributed by atoms with Crippen LogP contribution in [-0.2, 0) is 13.2 Å². The molecular formula is C16H15F4N3S. The minimum atomic E-state index is -4.40. The Morgan fingerprint density at radius 2 is 2.12 bits per heavy atom. The zero-order chi connectivity index (χ0) is 17.3. The molecule has 0 radical (unpaired) electrons. The molecule has 0 bridgehead atoms. The van der Waals surface area contributed by atoms with Crippen LogP contribution in [0.15, 0.2) is 35.4 Å². The maximum atomic E-state index is 12.9. The van der Waals surface area contributed by atoms with E-state index < -0.39 is 18.4 Å². The van der Waals surface area contributed by atoms with E-state index in [1.54, 1.807) is 17.8 Å². The third-order valence-corrected chi connectivity index (χ3v) is 4.71. The summed E-state index contributed by atoms with van der Waals surface area (Å²) in [5.41, 5.74) is 0.991. The van der Waals surface area contributed by atoms with Gasteiger partial charge >= 0.3 is 6.18 Å². The molecular weight excluding hydrogens is 342 g/mol. The van der Waals surface area contributed by atoms with Crippen molar-refractivity contribution in [1.82, 2.24) is 14.9 Å². The molecule has 0 fully saturated rings. The van der Waals surface area contributed by atoms with Crippen molar-refractivity contribution in [2.24, 2.45) is 7.05 Å². The number of nitrogens with one attached hydrogen (secondary N) is 1.